The lowest BCUT2D eigenvalue weighted by molar-refractivity contribution is -0.120. The van der Waals surface area contributed by atoms with Crippen LogP contribution in [0.3, 0.4) is 0 Å². The standard InChI is InChI=1S/C31H32N4O7S3/c1-23-13-18-29(24(2)21-23)33-43(37,38)26-16-14-25(15-17-26)32-31(36)30-22-34(44(39,40)27-9-5-3-6-10-27)19-20-35(30)45(41,42)28-11-7-4-8-12-28/h3-18,21,30,33H,19-20,22H2,1-2H3,(H,32,36)/t30-/m0/s1. The van der Waals surface area contributed by atoms with Crippen LogP contribution in [0.15, 0.2) is 118 Å². The number of anilines is 2. The van der Waals surface area contributed by atoms with Gasteiger partial charge >= 0.3 is 0 Å². The van der Waals surface area contributed by atoms with Crippen molar-refractivity contribution in [2.24, 2.45) is 0 Å². The Morgan fingerprint density at radius 2 is 1.27 bits per heavy atom. The van der Waals surface area contributed by atoms with E-state index in [0.717, 1.165) is 19.7 Å². The van der Waals surface area contributed by atoms with Crippen LogP contribution in [-0.2, 0) is 34.9 Å². The zero-order valence-corrected chi connectivity index (χ0v) is 26.9. The molecular formula is C31H32N4O7S3. The first-order valence-electron chi connectivity index (χ1n) is 13.9. The number of sulfonamides is 3. The number of piperazine rings is 1. The van der Waals surface area contributed by atoms with Crippen molar-refractivity contribution in [2.45, 2.75) is 34.6 Å². The van der Waals surface area contributed by atoms with Gasteiger partial charge in [-0.25, -0.2) is 25.3 Å². The third-order valence-corrected chi connectivity index (χ3v) is 12.6. The van der Waals surface area contributed by atoms with Crippen molar-refractivity contribution in [1.82, 2.24) is 8.61 Å². The molecule has 1 saturated heterocycles. The first kappa shape index (κ1) is 32.3. The van der Waals surface area contributed by atoms with Gasteiger partial charge in [-0.2, -0.15) is 8.61 Å². The Morgan fingerprint density at radius 1 is 0.689 bits per heavy atom. The molecule has 0 bridgehead atoms. The second-order valence-corrected chi connectivity index (χ2v) is 16.1. The van der Waals surface area contributed by atoms with Crippen molar-refractivity contribution in [3.63, 3.8) is 0 Å². The Morgan fingerprint density at radius 3 is 1.84 bits per heavy atom. The van der Waals surface area contributed by atoms with E-state index >= 15 is 0 Å². The minimum absolute atomic E-state index is 0.0229. The zero-order chi connectivity index (χ0) is 32.4. The maximum Gasteiger partial charge on any atom is 0.261 e. The Bertz CT molecular complexity index is 2020. The fourth-order valence-electron chi connectivity index (χ4n) is 5.01. The molecule has 5 rings (SSSR count). The number of hydrogen-bond donors (Lipinski definition) is 2. The lowest BCUT2D eigenvalue weighted by atomic mass is 10.1. The molecular weight excluding hydrogens is 637 g/mol. The highest BCUT2D eigenvalue weighted by Gasteiger charge is 2.43. The molecule has 45 heavy (non-hydrogen) atoms. The molecule has 0 aromatic heterocycles. The van der Waals surface area contributed by atoms with Gasteiger partial charge in [0.2, 0.25) is 26.0 Å². The predicted octanol–water partition coefficient (Wildman–Crippen LogP) is 3.81. The van der Waals surface area contributed by atoms with Crippen molar-refractivity contribution in [3.05, 3.63) is 114 Å². The van der Waals surface area contributed by atoms with E-state index in [1.54, 1.807) is 55.5 Å². The number of hydrogen-bond acceptors (Lipinski definition) is 7. The molecule has 1 fully saturated rings. The molecule has 1 atom stereocenters. The lowest BCUT2D eigenvalue weighted by Crippen LogP contribution is -2.60. The van der Waals surface area contributed by atoms with E-state index in [-0.39, 0.29) is 33.5 Å². The molecule has 1 aliphatic heterocycles. The van der Waals surface area contributed by atoms with Crippen LogP contribution in [-0.4, -0.2) is 65.4 Å². The Labute approximate surface area is 263 Å². The van der Waals surface area contributed by atoms with Gasteiger partial charge in [0.1, 0.15) is 6.04 Å². The SMILES string of the molecule is Cc1ccc(NS(=O)(=O)c2ccc(NC(=O)[C@@H]3CN(S(=O)(=O)c4ccccc4)CCN3S(=O)(=O)c3ccccc3)cc2)c(C)c1. The fourth-order valence-corrected chi connectivity index (χ4v) is 9.19. The Balaban J connectivity index is 1.40. The van der Waals surface area contributed by atoms with Crippen LogP contribution in [0.4, 0.5) is 11.4 Å². The maximum atomic E-state index is 13.7. The number of amides is 1. The fraction of sp³-hybridized carbons (Fsp3) is 0.194. The predicted molar refractivity (Wildman–Crippen MR) is 171 cm³/mol. The minimum atomic E-state index is -4.18. The zero-order valence-electron chi connectivity index (χ0n) is 24.5. The van der Waals surface area contributed by atoms with Gasteiger partial charge in [-0.1, -0.05) is 54.1 Å². The highest BCUT2D eigenvalue weighted by Crippen LogP contribution is 2.27. The van der Waals surface area contributed by atoms with Gasteiger partial charge in [0.05, 0.1) is 20.4 Å². The normalized spacial score (nSPS) is 16.6. The molecule has 11 nitrogen and oxygen atoms in total. The third-order valence-electron chi connectivity index (χ3n) is 7.39. The number of aryl methyl sites for hydroxylation is 2. The van der Waals surface area contributed by atoms with E-state index in [1.165, 1.54) is 48.5 Å². The Kier molecular flexibility index (Phi) is 9.14. The molecule has 0 radical (unpaired) electrons. The van der Waals surface area contributed by atoms with E-state index in [9.17, 15) is 30.0 Å². The van der Waals surface area contributed by atoms with E-state index in [4.69, 9.17) is 0 Å². The van der Waals surface area contributed by atoms with Gasteiger partial charge in [0.25, 0.3) is 10.0 Å². The first-order valence-corrected chi connectivity index (χ1v) is 18.3. The van der Waals surface area contributed by atoms with Crippen LogP contribution in [0.25, 0.3) is 0 Å². The average Bonchev–Trinajstić information content (AvgIpc) is 3.03. The molecule has 0 saturated carbocycles. The second-order valence-electron chi connectivity index (χ2n) is 10.6. The highest BCUT2D eigenvalue weighted by molar-refractivity contribution is 7.92. The molecule has 4 aromatic carbocycles. The smallest absolute Gasteiger partial charge is 0.261 e. The summed E-state index contributed by atoms with van der Waals surface area (Å²) < 4.78 is 84.8. The van der Waals surface area contributed by atoms with Crippen LogP contribution in [0, 0.1) is 13.8 Å². The summed E-state index contributed by atoms with van der Waals surface area (Å²) in [6.45, 7) is 2.85. The number of nitrogens with one attached hydrogen (secondary N) is 2. The van der Waals surface area contributed by atoms with Gasteiger partial charge < -0.3 is 5.32 Å². The summed E-state index contributed by atoms with van der Waals surface area (Å²) in [5.41, 5.74) is 2.38. The van der Waals surface area contributed by atoms with Crippen molar-refractivity contribution in [3.8, 4) is 0 Å². The van der Waals surface area contributed by atoms with Crippen molar-refractivity contribution in [2.75, 3.05) is 29.7 Å². The third kappa shape index (κ3) is 6.94. The van der Waals surface area contributed by atoms with Gasteiger partial charge in [-0.3, -0.25) is 9.52 Å². The van der Waals surface area contributed by atoms with Crippen molar-refractivity contribution < 1.29 is 30.0 Å². The largest absolute Gasteiger partial charge is 0.325 e. The number of carbonyl (C=O) groups excluding carboxylic acids is 1. The summed E-state index contributed by atoms with van der Waals surface area (Å²) in [4.78, 5) is 13.6. The maximum absolute atomic E-state index is 13.7. The second kappa shape index (κ2) is 12.7. The van der Waals surface area contributed by atoms with Crippen molar-refractivity contribution in [1.29, 1.82) is 0 Å². The minimum Gasteiger partial charge on any atom is -0.325 e. The number of carbonyl (C=O) groups is 1. The summed E-state index contributed by atoms with van der Waals surface area (Å²) in [7, 11) is -12.2. The number of benzene rings is 4. The molecule has 1 amide bonds. The first-order chi connectivity index (χ1) is 21.3. The quantitative estimate of drug-likeness (QED) is 0.276. The van der Waals surface area contributed by atoms with E-state index in [2.05, 4.69) is 10.0 Å². The molecule has 236 valence electrons. The molecule has 14 heteroatoms. The van der Waals surface area contributed by atoms with E-state index < -0.39 is 48.6 Å². The Hall–Kier alpha value is -4.08. The molecule has 2 N–H and O–H groups in total. The van der Waals surface area contributed by atoms with Gasteiger partial charge in [-0.15, -0.1) is 0 Å². The van der Waals surface area contributed by atoms with Crippen LogP contribution in [0.2, 0.25) is 0 Å². The lowest BCUT2D eigenvalue weighted by Gasteiger charge is -2.38. The monoisotopic (exact) mass is 668 g/mol. The highest BCUT2D eigenvalue weighted by atomic mass is 32.2. The van der Waals surface area contributed by atoms with Gasteiger partial charge in [-0.05, 0) is 74.0 Å². The van der Waals surface area contributed by atoms with Crippen LogP contribution >= 0.6 is 0 Å². The summed E-state index contributed by atoms with van der Waals surface area (Å²) in [5, 5.41) is 2.64. The molecule has 0 unspecified atom stereocenters. The average molecular weight is 669 g/mol. The molecule has 0 aliphatic carbocycles. The molecule has 1 aliphatic rings. The van der Waals surface area contributed by atoms with Gasteiger partial charge in [0.15, 0.2) is 0 Å². The topological polar surface area (TPSA) is 150 Å². The summed E-state index contributed by atoms with van der Waals surface area (Å²) in [5.74, 6) is -0.772. The summed E-state index contributed by atoms with van der Waals surface area (Å²) >= 11 is 0. The van der Waals surface area contributed by atoms with Crippen molar-refractivity contribution >= 4 is 47.4 Å². The van der Waals surface area contributed by atoms with Crippen LogP contribution in [0.1, 0.15) is 11.1 Å². The van der Waals surface area contributed by atoms with Crippen LogP contribution in [0.5, 0.6) is 0 Å². The molecule has 4 aromatic rings. The summed E-state index contributed by atoms with van der Waals surface area (Å²) in [6.07, 6.45) is 0. The van der Waals surface area contributed by atoms with E-state index in [1.807, 2.05) is 13.0 Å². The van der Waals surface area contributed by atoms with E-state index in [0.29, 0.717) is 5.69 Å². The number of rotatable bonds is 9. The summed E-state index contributed by atoms with van der Waals surface area (Å²) in [6, 6.07) is 24.6. The molecule has 1 heterocycles. The van der Waals surface area contributed by atoms with Crippen LogP contribution < -0.4 is 10.0 Å². The number of nitrogens with zero attached hydrogens (tertiary/aromatic N) is 2. The molecule has 0 spiro atoms. The van der Waals surface area contributed by atoms with Gasteiger partial charge in [0, 0.05) is 25.3 Å².